The van der Waals surface area contributed by atoms with Crippen molar-refractivity contribution in [3.05, 3.63) is 81.3 Å². The van der Waals surface area contributed by atoms with Gasteiger partial charge in [0.2, 0.25) is 0 Å². The summed E-state index contributed by atoms with van der Waals surface area (Å²) in [6.07, 6.45) is 1.48. The van der Waals surface area contributed by atoms with E-state index in [-0.39, 0.29) is 17.5 Å². The Labute approximate surface area is 131 Å². The zero-order chi connectivity index (χ0) is 15.0. The minimum Gasteiger partial charge on any atom is -0.289 e. The molecule has 0 aliphatic heterocycles. The zero-order valence-corrected chi connectivity index (χ0v) is 13.1. The first-order valence-electron chi connectivity index (χ1n) is 6.73. The molecule has 0 radical (unpaired) electrons. The summed E-state index contributed by atoms with van der Waals surface area (Å²) in [5.74, 6) is -0.257. The zero-order valence-electron chi connectivity index (χ0n) is 11.5. The van der Waals surface area contributed by atoms with Gasteiger partial charge in [-0.25, -0.2) is 0 Å². The van der Waals surface area contributed by atoms with Crippen LogP contribution in [-0.2, 0) is 0 Å². The fourth-order valence-corrected chi connectivity index (χ4v) is 2.85. The van der Waals surface area contributed by atoms with E-state index in [1.165, 1.54) is 6.08 Å². The molecule has 21 heavy (non-hydrogen) atoms. The Morgan fingerprint density at radius 2 is 1.52 bits per heavy atom. The Balaban J connectivity index is 2.02. The van der Waals surface area contributed by atoms with Crippen molar-refractivity contribution >= 4 is 27.5 Å². The van der Waals surface area contributed by atoms with Crippen LogP contribution in [0.2, 0.25) is 0 Å². The molecule has 1 aliphatic rings. The molecule has 1 aliphatic carbocycles. The van der Waals surface area contributed by atoms with Crippen molar-refractivity contribution in [3.8, 4) is 0 Å². The largest absolute Gasteiger partial charge is 0.289 e. The first-order chi connectivity index (χ1) is 10.1. The van der Waals surface area contributed by atoms with Crippen LogP contribution in [0.3, 0.4) is 0 Å². The summed E-state index contributed by atoms with van der Waals surface area (Å²) < 4.78 is 0.990. The lowest BCUT2D eigenvalue weighted by Crippen LogP contribution is -2.20. The quantitative estimate of drug-likeness (QED) is 0.803. The third-order valence-corrected chi connectivity index (χ3v) is 4.35. The molecule has 0 N–H and O–H groups in total. The number of ketones is 2. The molecule has 104 valence electrons. The molecule has 0 spiro atoms. The van der Waals surface area contributed by atoms with Crippen LogP contribution in [-0.4, -0.2) is 11.6 Å². The summed E-state index contributed by atoms with van der Waals surface area (Å²) in [4.78, 5) is 24.8. The van der Waals surface area contributed by atoms with Gasteiger partial charge in [0.1, 0.15) is 0 Å². The first-order valence-corrected chi connectivity index (χ1v) is 7.52. The van der Waals surface area contributed by atoms with Crippen molar-refractivity contribution in [1.29, 1.82) is 0 Å². The third kappa shape index (κ3) is 2.49. The summed E-state index contributed by atoms with van der Waals surface area (Å²) in [7, 11) is 0. The molecule has 1 atom stereocenters. The second-order valence-electron chi connectivity index (χ2n) is 5.11. The normalized spacial score (nSPS) is 15.4. The number of fused-ring (bicyclic) bond motifs is 1. The van der Waals surface area contributed by atoms with Crippen LogP contribution in [0.25, 0.3) is 0 Å². The molecule has 3 rings (SSSR count). The summed E-state index contributed by atoms with van der Waals surface area (Å²) in [5, 5.41) is 0. The minimum absolute atomic E-state index is 0.0550. The molecule has 2 aromatic carbocycles. The fraction of sp³-hybridized carbons (Fsp3) is 0.111. The highest BCUT2D eigenvalue weighted by atomic mass is 79.9. The van der Waals surface area contributed by atoms with Gasteiger partial charge in [0.15, 0.2) is 11.6 Å². The fourth-order valence-electron chi connectivity index (χ4n) is 2.59. The minimum atomic E-state index is -0.108. The molecular formula is C18H13BrO2. The summed E-state index contributed by atoms with van der Waals surface area (Å²) >= 11 is 3.40. The monoisotopic (exact) mass is 340 g/mol. The molecule has 0 amide bonds. The highest BCUT2D eigenvalue weighted by Gasteiger charge is 2.28. The van der Waals surface area contributed by atoms with Crippen LogP contribution in [0.1, 0.15) is 39.1 Å². The van der Waals surface area contributed by atoms with E-state index in [9.17, 15) is 9.59 Å². The lowest BCUT2D eigenvalue weighted by atomic mass is 9.81. The number of carbonyl (C=O) groups excluding carboxylic acids is 2. The second kappa shape index (κ2) is 5.41. The predicted octanol–water partition coefficient (Wildman–Crippen LogP) is 4.56. The Hall–Kier alpha value is -2.00. The molecule has 2 nitrogen and oxygen atoms in total. The number of hydrogen-bond donors (Lipinski definition) is 0. The van der Waals surface area contributed by atoms with Gasteiger partial charge in [0.25, 0.3) is 0 Å². The number of benzene rings is 2. The highest BCUT2D eigenvalue weighted by Crippen LogP contribution is 2.31. The van der Waals surface area contributed by atoms with Gasteiger partial charge >= 0.3 is 0 Å². The molecular weight excluding hydrogens is 328 g/mol. The molecule has 0 heterocycles. The Bertz CT molecular complexity index is 757. The van der Waals surface area contributed by atoms with Crippen LogP contribution in [0.4, 0.5) is 0 Å². The Kier molecular flexibility index (Phi) is 3.60. The van der Waals surface area contributed by atoms with Gasteiger partial charge in [-0.1, -0.05) is 59.3 Å². The lowest BCUT2D eigenvalue weighted by molar-refractivity contribution is 0.0979. The molecule has 1 unspecified atom stereocenters. The van der Waals surface area contributed by atoms with Crippen molar-refractivity contribution < 1.29 is 9.59 Å². The van der Waals surface area contributed by atoms with E-state index in [2.05, 4.69) is 15.9 Å². The molecule has 2 aromatic rings. The predicted molar refractivity (Wildman–Crippen MR) is 85.7 cm³/mol. The third-order valence-electron chi connectivity index (χ3n) is 3.82. The number of halogens is 1. The summed E-state index contributed by atoms with van der Waals surface area (Å²) in [6, 6.07) is 14.8. The van der Waals surface area contributed by atoms with Crippen molar-refractivity contribution in [2.75, 3.05) is 0 Å². The molecule has 0 saturated carbocycles. The van der Waals surface area contributed by atoms with E-state index >= 15 is 0 Å². The van der Waals surface area contributed by atoms with Gasteiger partial charge in [0.05, 0.1) is 0 Å². The topological polar surface area (TPSA) is 34.1 Å². The molecule has 0 saturated heterocycles. The number of hydrogen-bond acceptors (Lipinski definition) is 2. The van der Waals surface area contributed by atoms with Crippen LogP contribution in [0.5, 0.6) is 0 Å². The van der Waals surface area contributed by atoms with Gasteiger partial charge < -0.3 is 0 Å². The molecule has 0 aromatic heterocycles. The smallest absolute Gasteiger partial charge is 0.190 e. The van der Waals surface area contributed by atoms with Crippen LogP contribution >= 0.6 is 15.9 Å². The standard InChI is InChI=1S/C18H13BrO2/c1-11(12-6-8-13(19)9-7-12)16-10-17(20)14-4-2-3-5-15(14)18(16)21/h2-11H,1H3. The summed E-state index contributed by atoms with van der Waals surface area (Å²) in [5.41, 5.74) is 2.57. The Morgan fingerprint density at radius 1 is 0.905 bits per heavy atom. The molecule has 0 fully saturated rings. The number of allylic oxidation sites excluding steroid dienone is 2. The van der Waals surface area contributed by atoms with Gasteiger partial charge in [0, 0.05) is 27.1 Å². The summed E-state index contributed by atoms with van der Waals surface area (Å²) in [6.45, 7) is 1.95. The van der Waals surface area contributed by atoms with Crippen molar-refractivity contribution in [2.45, 2.75) is 12.8 Å². The maximum atomic E-state index is 12.6. The average molecular weight is 341 g/mol. The maximum Gasteiger partial charge on any atom is 0.190 e. The number of carbonyl (C=O) groups is 2. The van der Waals surface area contributed by atoms with Gasteiger partial charge in [-0.2, -0.15) is 0 Å². The van der Waals surface area contributed by atoms with E-state index in [1.807, 2.05) is 31.2 Å². The lowest BCUT2D eigenvalue weighted by Gasteiger charge is -2.20. The van der Waals surface area contributed by atoms with Crippen LogP contribution < -0.4 is 0 Å². The van der Waals surface area contributed by atoms with E-state index < -0.39 is 0 Å². The van der Waals surface area contributed by atoms with Crippen molar-refractivity contribution in [1.82, 2.24) is 0 Å². The van der Waals surface area contributed by atoms with Crippen LogP contribution in [0.15, 0.2) is 64.7 Å². The second-order valence-corrected chi connectivity index (χ2v) is 6.03. The molecule has 3 heteroatoms. The Morgan fingerprint density at radius 3 is 2.19 bits per heavy atom. The number of rotatable bonds is 2. The van der Waals surface area contributed by atoms with E-state index in [0.717, 1.165) is 10.0 Å². The van der Waals surface area contributed by atoms with Gasteiger partial charge in [-0.3, -0.25) is 9.59 Å². The van der Waals surface area contributed by atoms with E-state index in [4.69, 9.17) is 0 Å². The van der Waals surface area contributed by atoms with E-state index in [1.54, 1.807) is 24.3 Å². The average Bonchev–Trinajstić information content (AvgIpc) is 2.51. The van der Waals surface area contributed by atoms with Gasteiger partial charge in [-0.05, 0) is 23.8 Å². The van der Waals surface area contributed by atoms with Crippen molar-refractivity contribution in [3.63, 3.8) is 0 Å². The van der Waals surface area contributed by atoms with Crippen molar-refractivity contribution in [2.24, 2.45) is 0 Å². The first kappa shape index (κ1) is 14.0. The van der Waals surface area contributed by atoms with E-state index in [0.29, 0.717) is 16.7 Å². The maximum absolute atomic E-state index is 12.6. The SMILES string of the molecule is CC(C1=CC(=O)c2ccccc2C1=O)c1ccc(Br)cc1. The highest BCUT2D eigenvalue weighted by molar-refractivity contribution is 9.10. The molecule has 0 bridgehead atoms. The van der Waals surface area contributed by atoms with Gasteiger partial charge in [-0.15, -0.1) is 0 Å². The number of Topliss-reactive ketones (excluding diaryl/α,β-unsaturated/α-hetero) is 1. The van der Waals surface area contributed by atoms with Crippen LogP contribution in [0, 0.1) is 0 Å².